The number of allylic oxidation sites excluding steroid dienone is 1. The molecule has 0 saturated carbocycles. The Morgan fingerprint density at radius 3 is 2.59 bits per heavy atom. The largest absolute Gasteiger partial charge is 0.478 e. The molecule has 1 atom stereocenters. The number of anilines is 1. The summed E-state index contributed by atoms with van der Waals surface area (Å²) in [7, 11) is 0. The molecule has 0 bridgehead atoms. The van der Waals surface area contributed by atoms with Crippen molar-refractivity contribution in [2.75, 3.05) is 5.32 Å². The Bertz CT molecular complexity index is 1300. The van der Waals surface area contributed by atoms with Crippen LogP contribution in [0.25, 0.3) is 26.9 Å². The predicted molar refractivity (Wildman–Crippen MR) is 132 cm³/mol. The average molecular weight is 441 g/mol. The third kappa shape index (κ3) is 3.80. The highest BCUT2D eigenvalue weighted by Crippen LogP contribution is 2.36. The van der Waals surface area contributed by atoms with Crippen molar-refractivity contribution in [3.63, 3.8) is 0 Å². The zero-order valence-electron chi connectivity index (χ0n) is 18.3. The summed E-state index contributed by atoms with van der Waals surface area (Å²) in [6, 6.07) is 21.9. The molecule has 5 heteroatoms. The zero-order chi connectivity index (χ0) is 22.3. The van der Waals surface area contributed by atoms with Crippen LogP contribution >= 0.6 is 11.3 Å². The predicted octanol–water partition coefficient (Wildman–Crippen LogP) is 6.89. The minimum atomic E-state index is -1.03. The highest BCUT2D eigenvalue weighted by molar-refractivity contribution is 7.21. The van der Waals surface area contributed by atoms with E-state index in [1.165, 1.54) is 0 Å². The molecule has 1 aliphatic carbocycles. The third-order valence-corrected chi connectivity index (χ3v) is 6.81. The number of benzene rings is 3. The Morgan fingerprint density at radius 2 is 1.81 bits per heavy atom. The van der Waals surface area contributed by atoms with Gasteiger partial charge in [-0.05, 0) is 67.4 Å². The maximum atomic E-state index is 13.1. The lowest BCUT2D eigenvalue weighted by Crippen LogP contribution is -2.42. The molecule has 1 aliphatic rings. The number of thiazole rings is 1. The molecule has 4 nitrogen and oxygen atoms in total. The van der Waals surface area contributed by atoms with Gasteiger partial charge in [-0.15, -0.1) is 11.3 Å². The lowest BCUT2D eigenvalue weighted by Gasteiger charge is -2.26. The minimum Gasteiger partial charge on any atom is -0.478 e. The van der Waals surface area contributed by atoms with Crippen molar-refractivity contribution in [3.8, 4) is 16.3 Å². The highest BCUT2D eigenvalue weighted by Gasteiger charge is 2.31. The summed E-state index contributed by atoms with van der Waals surface area (Å²) in [6.07, 6.45) is 4.25. The van der Waals surface area contributed by atoms with Gasteiger partial charge in [0.1, 0.15) is 10.8 Å². The number of carbonyl (C=O) groups excluding carboxylic acids is 1. The zero-order valence-corrected chi connectivity index (χ0v) is 19.1. The van der Waals surface area contributed by atoms with E-state index in [4.69, 9.17) is 9.72 Å². The van der Waals surface area contributed by atoms with Crippen LogP contribution in [0.2, 0.25) is 0 Å². The lowest BCUT2D eigenvalue weighted by molar-refractivity contribution is -0.128. The number of para-hydroxylation sites is 1. The molecule has 1 heterocycles. The van der Waals surface area contributed by atoms with Gasteiger partial charge in [0.15, 0.2) is 5.60 Å². The van der Waals surface area contributed by atoms with Gasteiger partial charge in [-0.1, -0.05) is 43.3 Å². The van der Waals surface area contributed by atoms with E-state index in [1.807, 2.05) is 54.6 Å². The van der Waals surface area contributed by atoms with Crippen molar-refractivity contribution in [3.05, 3.63) is 83.9 Å². The average Bonchev–Trinajstić information content (AvgIpc) is 3.38. The summed E-state index contributed by atoms with van der Waals surface area (Å²) >= 11 is 1.66. The van der Waals surface area contributed by atoms with Gasteiger partial charge in [0.25, 0.3) is 5.91 Å². The molecule has 0 spiro atoms. The van der Waals surface area contributed by atoms with E-state index >= 15 is 0 Å². The van der Waals surface area contributed by atoms with Crippen LogP contribution < -0.4 is 10.1 Å². The molecule has 0 fully saturated rings. The monoisotopic (exact) mass is 440 g/mol. The van der Waals surface area contributed by atoms with Gasteiger partial charge in [-0.3, -0.25) is 4.79 Å². The quantitative estimate of drug-likeness (QED) is 0.368. The smallest absolute Gasteiger partial charge is 0.267 e. The number of amides is 1. The molecule has 1 aromatic heterocycles. The normalized spacial score (nSPS) is 15.0. The van der Waals surface area contributed by atoms with Crippen LogP contribution in [0, 0.1) is 0 Å². The first-order chi connectivity index (χ1) is 15.4. The van der Waals surface area contributed by atoms with E-state index in [2.05, 4.69) is 36.5 Å². The summed E-state index contributed by atoms with van der Waals surface area (Å²) in [4.78, 5) is 17.8. The maximum absolute atomic E-state index is 13.1. The number of rotatable bonds is 5. The van der Waals surface area contributed by atoms with Gasteiger partial charge in [-0.2, -0.15) is 0 Å². The van der Waals surface area contributed by atoms with Gasteiger partial charge in [-0.25, -0.2) is 4.98 Å². The van der Waals surface area contributed by atoms with Crippen LogP contribution in [0.4, 0.5) is 5.69 Å². The van der Waals surface area contributed by atoms with E-state index < -0.39 is 5.60 Å². The van der Waals surface area contributed by atoms with Crippen molar-refractivity contribution < 1.29 is 9.53 Å². The molecule has 32 heavy (non-hydrogen) atoms. The van der Waals surface area contributed by atoms with Gasteiger partial charge in [0.05, 0.1) is 10.2 Å². The molecule has 1 amide bonds. The number of nitrogens with zero attached hydrogens (tertiary/aromatic N) is 1. The Hall–Kier alpha value is -3.44. The molecule has 0 saturated heterocycles. The summed E-state index contributed by atoms with van der Waals surface area (Å²) < 4.78 is 7.25. The molecule has 0 radical (unpaired) electrons. The second-order valence-corrected chi connectivity index (χ2v) is 9.56. The fourth-order valence-corrected chi connectivity index (χ4v) is 4.94. The van der Waals surface area contributed by atoms with Crippen LogP contribution in [0.1, 0.15) is 37.8 Å². The molecule has 4 aromatic rings. The standard InChI is InChI=1S/C27H24N2O2S/c1-17-11-12-18-7-6-9-22(24(17)18)29-26(30)27(2,3)31-20-15-13-19(14-16-20)25-28-21-8-4-5-10-23(21)32-25/h4-17H,1-3H3,(H,29,30). The SMILES string of the molecule is CC1C=Cc2cccc(NC(=O)C(C)(C)Oc3ccc(-c4nc5ccccc5s4)cc3)c21. The van der Waals surface area contributed by atoms with Crippen molar-refractivity contribution in [1.82, 2.24) is 4.98 Å². The third-order valence-electron chi connectivity index (χ3n) is 5.72. The first kappa shape index (κ1) is 20.5. The van der Waals surface area contributed by atoms with Crippen molar-refractivity contribution >= 4 is 39.2 Å². The Kier molecular flexibility index (Phi) is 5.06. The van der Waals surface area contributed by atoms with Crippen molar-refractivity contribution in [2.45, 2.75) is 32.3 Å². The number of hydrogen-bond donors (Lipinski definition) is 1. The van der Waals surface area contributed by atoms with E-state index in [1.54, 1.807) is 25.2 Å². The Labute approximate surface area is 191 Å². The molecule has 0 aliphatic heterocycles. The molecular formula is C27H24N2O2S. The maximum Gasteiger partial charge on any atom is 0.267 e. The van der Waals surface area contributed by atoms with Crippen LogP contribution in [0.15, 0.2) is 72.8 Å². The number of hydrogen-bond acceptors (Lipinski definition) is 4. The lowest BCUT2D eigenvalue weighted by atomic mass is 9.99. The van der Waals surface area contributed by atoms with Crippen LogP contribution in [-0.4, -0.2) is 16.5 Å². The summed E-state index contributed by atoms with van der Waals surface area (Å²) in [5.41, 5.74) is 4.14. The van der Waals surface area contributed by atoms with E-state index in [0.717, 1.165) is 37.6 Å². The van der Waals surface area contributed by atoms with E-state index in [-0.39, 0.29) is 11.8 Å². The Balaban J connectivity index is 1.31. The number of ether oxygens (including phenoxy) is 1. The van der Waals surface area contributed by atoms with Crippen LogP contribution in [0.5, 0.6) is 5.75 Å². The molecule has 1 unspecified atom stereocenters. The number of aromatic nitrogens is 1. The summed E-state index contributed by atoms with van der Waals surface area (Å²) in [5, 5.41) is 4.04. The first-order valence-electron chi connectivity index (χ1n) is 10.7. The fraction of sp³-hybridized carbons (Fsp3) is 0.185. The number of nitrogens with one attached hydrogen (secondary N) is 1. The molecular weight excluding hydrogens is 416 g/mol. The van der Waals surface area contributed by atoms with Crippen molar-refractivity contribution in [2.24, 2.45) is 0 Å². The molecule has 3 aromatic carbocycles. The van der Waals surface area contributed by atoms with Gasteiger partial charge in [0, 0.05) is 17.2 Å². The molecule has 160 valence electrons. The van der Waals surface area contributed by atoms with Crippen molar-refractivity contribution in [1.29, 1.82) is 0 Å². The van der Waals surface area contributed by atoms with E-state index in [0.29, 0.717) is 5.75 Å². The van der Waals surface area contributed by atoms with Gasteiger partial charge in [0.2, 0.25) is 0 Å². The highest BCUT2D eigenvalue weighted by atomic mass is 32.1. The summed E-state index contributed by atoms with van der Waals surface area (Å²) in [6.45, 7) is 5.70. The van der Waals surface area contributed by atoms with Crippen LogP contribution in [-0.2, 0) is 4.79 Å². The second kappa shape index (κ2) is 7.92. The molecule has 5 rings (SSSR count). The summed E-state index contributed by atoms with van der Waals surface area (Å²) in [5.74, 6) is 0.740. The fourth-order valence-electron chi connectivity index (χ4n) is 3.96. The first-order valence-corrected chi connectivity index (χ1v) is 11.5. The topological polar surface area (TPSA) is 51.2 Å². The number of carbonyl (C=O) groups is 1. The van der Waals surface area contributed by atoms with E-state index in [9.17, 15) is 4.79 Å². The Morgan fingerprint density at radius 1 is 1.03 bits per heavy atom. The number of fused-ring (bicyclic) bond motifs is 2. The minimum absolute atomic E-state index is 0.180. The molecule has 1 N–H and O–H groups in total. The van der Waals surface area contributed by atoms with Crippen LogP contribution in [0.3, 0.4) is 0 Å². The van der Waals surface area contributed by atoms with Gasteiger partial charge >= 0.3 is 0 Å². The second-order valence-electron chi connectivity index (χ2n) is 8.53. The van der Waals surface area contributed by atoms with Gasteiger partial charge < -0.3 is 10.1 Å².